The first-order valence-corrected chi connectivity index (χ1v) is 9.27. The van der Waals surface area contributed by atoms with Gasteiger partial charge in [0.25, 0.3) is 5.91 Å². The molecule has 136 valence electrons. The maximum atomic E-state index is 14.3. The summed E-state index contributed by atoms with van der Waals surface area (Å²) in [6.45, 7) is 5.63. The Morgan fingerprint density at radius 2 is 1.96 bits per heavy atom. The second kappa shape index (κ2) is 6.35. The van der Waals surface area contributed by atoms with Gasteiger partial charge in [-0.1, -0.05) is 23.9 Å². The number of carbonyl (C=O) groups excluding carboxylic acids is 1. The van der Waals surface area contributed by atoms with E-state index in [4.69, 9.17) is 5.41 Å². The SMILES string of the molecule is CC1=CSC2=NC(=O)/C(=C/c3cc(C)n(-c4ccccc4F)c3C)C(=N)N12. The van der Waals surface area contributed by atoms with Crippen LogP contribution < -0.4 is 0 Å². The van der Waals surface area contributed by atoms with Crippen LogP contribution in [0.25, 0.3) is 11.8 Å². The van der Waals surface area contributed by atoms with Crippen molar-refractivity contribution in [3.05, 3.63) is 69.8 Å². The minimum atomic E-state index is -0.433. The summed E-state index contributed by atoms with van der Waals surface area (Å²) < 4.78 is 16.1. The molecular formula is C20H17FN4OS. The minimum absolute atomic E-state index is 0.111. The lowest BCUT2D eigenvalue weighted by Gasteiger charge is -2.25. The van der Waals surface area contributed by atoms with Crippen LogP contribution in [-0.2, 0) is 4.79 Å². The molecule has 2 aromatic rings. The van der Waals surface area contributed by atoms with Crippen LogP contribution in [0, 0.1) is 25.1 Å². The van der Waals surface area contributed by atoms with Gasteiger partial charge in [-0.05, 0) is 56.0 Å². The highest BCUT2D eigenvalue weighted by Gasteiger charge is 2.34. The summed E-state index contributed by atoms with van der Waals surface area (Å²) in [5.74, 6) is -0.638. The van der Waals surface area contributed by atoms with E-state index in [1.807, 2.05) is 36.8 Å². The van der Waals surface area contributed by atoms with E-state index in [-0.39, 0.29) is 17.2 Å². The molecule has 0 bridgehead atoms. The standard InChI is InChI=1S/C20H17FN4OS/c1-11-8-14(13(3)24(11)17-7-5-4-6-16(17)21)9-15-18(22)25-12(2)10-27-20(25)23-19(15)26/h4-10,22H,1-3H3/b15-9+,22-18?. The van der Waals surface area contributed by atoms with E-state index in [1.165, 1.54) is 17.8 Å². The van der Waals surface area contributed by atoms with Crippen molar-refractivity contribution in [1.29, 1.82) is 5.41 Å². The van der Waals surface area contributed by atoms with Crippen LogP contribution in [0.15, 0.2) is 52.0 Å². The molecule has 2 aliphatic heterocycles. The smallest absolute Gasteiger partial charge is 0.283 e. The summed E-state index contributed by atoms with van der Waals surface area (Å²) in [7, 11) is 0. The maximum Gasteiger partial charge on any atom is 0.283 e. The van der Waals surface area contributed by atoms with E-state index in [1.54, 1.807) is 29.2 Å². The van der Waals surface area contributed by atoms with Crippen LogP contribution in [0.3, 0.4) is 0 Å². The number of amides is 1. The van der Waals surface area contributed by atoms with Gasteiger partial charge in [-0.2, -0.15) is 4.99 Å². The molecule has 0 atom stereocenters. The molecule has 0 saturated carbocycles. The molecule has 1 aromatic carbocycles. The zero-order chi connectivity index (χ0) is 19.3. The molecule has 1 amide bonds. The lowest BCUT2D eigenvalue weighted by Crippen LogP contribution is -2.37. The second-order valence-electron chi connectivity index (χ2n) is 6.43. The zero-order valence-corrected chi connectivity index (χ0v) is 15.9. The Bertz CT molecular complexity index is 1090. The third kappa shape index (κ3) is 2.75. The largest absolute Gasteiger partial charge is 0.315 e. The molecule has 1 N–H and O–H groups in total. The molecule has 1 aromatic heterocycles. The summed E-state index contributed by atoms with van der Waals surface area (Å²) in [5.41, 5.74) is 3.94. The van der Waals surface area contributed by atoms with Gasteiger partial charge in [-0.15, -0.1) is 0 Å². The number of rotatable bonds is 2. The van der Waals surface area contributed by atoms with Crippen LogP contribution in [0.2, 0.25) is 0 Å². The minimum Gasteiger partial charge on any atom is -0.315 e. The van der Waals surface area contributed by atoms with Crippen LogP contribution in [-0.4, -0.2) is 26.4 Å². The number of carbonyl (C=O) groups is 1. The zero-order valence-electron chi connectivity index (χ0n) is 15.1. The number of amidine groups is 2. The molecule has 5 nitrogen and oxygen atoms in total. The van der Waals surface area contributed by atoms with Gasteiger partial charge in [0.05, 0.1) is 11.3 Å². The number of aromatic nitrogens is 1. The Morgan fingerprint density at radius 1 is 1.22 bits per heavy atom. The molecule has 0 spiro atoms. The number of allylic oxidation sites excluding steroid dienone is 1. The highest BCUT2D eigenvalue weighted by molar-refractivity contribution is 8.16. The number of nitrogens with zero attached hydrogens (tertiary/aromatic N) is 3. The predicted octanol–water partition coefficient (Wildman–Crippen LogP) is 4.40. The highest BCUT2D eigenvalue weighted by Crippen LogP contribution is 2.32. The van der Waals surface area contributed by atoms with Crippen molar-refractivity contribution in [3.8, 4) is 5.69 Å². The van der Waals surface area contributed by atoms with Crippen molar-refractivity contribution in [2.24, 2.45) is 4.99 Å². The Hall–Kier alpha value is -2.93. The van der Waals surface area contributed by atoms with Gasteiger partial charge < -0.3 is 4.57 Å². The lowest BCUT2D eigenvalue weighted by atomic mass is 10.1. The Kier molecular flexibility index (Phi) is 4.11. The van der Waals surface area contributed by atoms with Gasteiger partial charge >= 0.3 is 0 Å². The van der Waals surface area contributed by atoms with Gasteiger partial charge in [0.15, 0.2) is 5.17 Å². The van der Waals surface area contributed by atoms with Gasteiger partial charge in [0, 0.05) is 17.1 Å². The van der Waals surface area contributed by atoms with Gasteiger partial charge in [-0.25, -0.2) is 4.39 Å². The van der Waals surface area contributed by atoms with Crippen molar-refractivity contribution >= 4 is 34.7 Å². The van der Waals surface area contributed by atoms with Crippen molar-refractivity contribution in [3.63, 3.8) is 0 Å². The average Bonchev–Trinajstić information content (AvgIpc) is 3.12. The third-order valence-electron chi connectivity index (χ3n) is 4.65. The molecule has 2 aliphatic rings. The molecule has 0 radical (unpaired) electrons. The molecule has 0 aliphatic carbocycles. The van der Waals surface area contributed by atoms with E-state index in [0.717, 1.165) is 22.6 Å². The molecule has 0 saturated heterocycles. The number of aliphatic imine (C=N–C) groups is 1. The van der Waals surface area contributed by atoms with Gasteiger partial charge in [0.2, 0.25) is 0 Å². The molecule has 4 rings (SSSR count). The van der Waals surface area contributed by atoms with Crippen molar-refractivity contribution in [2.75, 3.05) is 0 Å². The number of nitrogens with one attached hydrogen (secondary N) is 1. The van der Waals surface area contributed by atoms with Crippen molar-refractivity contribution in [1.82, 2.24) is 9.47 Å². The summed E-state index contributed by atoms with van der Waals surface area (Å²) in [6, 6.07) is 8.45. The number of hydrogen-bond acceptors (Lipinski definition) is 3. The first-order chi connectivity index (χ1) is 12.9. The molecule has 0 fully saturated rings. The Balaban J connectivity index is 1.81. The summed E-state index contributed by atoms with van der Waals surface area (Å²) in [4.78, 5) is 18.2. The van der Waals surface area contributed by atoms with E-state index in [0.29, 0.717) is 10.9 Å². The van der Waals surface area contributed by atoms with Crippen LogP contribution in [0.5, 0.6) is 0 Å². The van der Waals surface area contributed by atoms with E-state index >= 15 is 0 Å². The fourth-order valence-electron chi connectivity index (χ4n) is 3.33. The average molecular weight is 380 g/mol. The number of hydrogen-bond donors (Lipinski definition) is 1. The summed E-state index contributed by atoms with van der Waals surface area (Å²) >= 11 is 1.34. The van der Waals surface area contributed by atoms with Crippen LogP contribution in [0.4, 0.5) is 4.39 Å². The monoisotopic (exact) mass is 380 g/mol. The normalized spacial score (nSPS) is 18.1. The number of halogens is 1. The quantitative estimate of drug-likeness (QED) is 0.786. The van der Waals surface area contributed by atoms with Crippen LogP contribution >= 0.6 is 11.8 Å². The van der Waals surface area contributed by atoms with E-state index < -0.39 is 5.91 Å². The highest BCUT2D eigenvalue weighted by atomic mass is 32.2. The van der Waals surface area contributed by atoms with Crippen LogP contribution in [0.1, 0.15) is 23.9 Å². The first kappa shape index (κ1) is 17.5. The molecule has 3 heterocycles. The van der Waals surface area contributed by atoms with Gasteiger partial charge in [0.1, 0.15) is 11.7 Å². The van der Waals surface area contributed by atoms with E-state index in [2.05, 4.69) is 4.99 Å². The fraction of sp³-hybridized carbons (Fsp3) is 0.150. The van der Waals surface area contributed by atoms with Gasteiger partial charge in [-0.3, -0.25) is 15.1 Å². The third-order valence-corrected chi connectivity index (χ3v) is 5.59. The number of benzene rings is 1. The van der Waals surface area contributed by atoms with Crippen molar-refractivity contribution in [2.45, 2.75) is 20.8 Å². The first-order valence-electron chi connectivity index (χ1n) is 8.39. The number of fused-ring (bicyclic) bond motifs is 1. The summed E-state index contributed by atoms with van der Waals surface area (Å²) in [5, 5.41) is 10.8. The molecule has 0 unspecified atom stereocenters. The van der Waals surface area contributed by atoms with E-state index in [9.17, 15) is 9.18 Å². The maximum absolute atomic E-state index is 14.3. The lowest BCUT2D eigenvalue weighted by molar-refractivity contribution is -0.114. The molecular weight excluding hydrogens is 363 g/mol. The summed E-state index contributed by atoms with van der Waals surface area (Å²) in [6.07, 6.45) is 1.67. The Morgan fingerprint density at radius 3 is 2.70 bits per heavy atom. The molecule has 27 heavy (non-hydrogen) atoms. The Labute approximate surface area is 160 Å². The fourth-order valence-corrected chi connectivity index (χ4v) is 4.19. The molecule has 7 heteroatoms. The number of para-hydroxylation sites is 1. The van der Waals surface area contributed by atoms with Crippen molar-refractivity contribution < 1.29 is 9.18 Å². The number of aryl methyl sites for hydroxylation is 1. The number of thioether (sulfide) groups is 1. The predicted molar refractivity (Wildman–Crippen MR) is 107 cm³/mol. The second-order valence-corrected chi connectivity index (χ2v) is 7.27. The topological polar surface area (TPSA) is 61.5 Å².